The number of aromatic hydroxyl groups is 1. The molecule has 0 aliphatic carbocycles. The molecule has 1 aromatic carbocycles. The fourth-order valence-corrected chi connectivity index (χ4v) is 2.51. The summed E-state index contributed by atoms with van der Waals surface area (Å²) in [4.78, 5) is -0.0441. The van der Waals surface area contributed by atoms with Gasteiger partial charge in [0, 0.05) is 6.07 Å². The SMILES string of the molecule is COc1ccc(S(=O)(=O)NCc2ccco2)cc1O. The van der Waals surface area contributed by atoms with E-state index in [1.165, 1.54) is 25.5 Å². The van der Waals surface area contributed by atoms with Crippen molar-refractivity contribution in [2.75, 3.05) is 7.11 Å². The summed E-state index contributed by atoms with van der Waals surface area (Å²) in [6.07, 6.45) is 1.46. The highest BCUT2D eigenvalue weighted by Gasteiger charge is 2.16. The second kappa shape index (κ2) is 5.33. The summed E-state index contributed by atoms with van der Waals surface area (Å²) >= 11 is 0. The Morgan fingerprint density at radius 1 is 1.37 bits per heavy atom. The van der Waals surface area contributed by atoms with Crippen molar-refractivity contribution in [3.8, 4) is 11.5 Å². The Hall–Kier alpha value is -1.99. The number of sulfonamides is 1. The lowest BCUT2D eigenvalue weighted by Gasteiger charge is -2.08. The van der Waals surface area contributed by atoms with Crippen LogP contribution in [-0.4, -0.2) is 20.6 Å². The van der Waals surface area contributed by atoms with Crippen molar-refractivity contribution in [3.05, 3.63) is 42.4 Å². The molecule has 2 N–H and O–H groups in total. The summed E-state index contributed by atoms with van der Waals surface area (Å²) in [5.41, 5.74) is 0. The average molecular weight is 283 g/mol. The number of furan rings is 1. The monoisotopic (exact) mass is 283 g/mol. The normalized spacial score (nSPS) is 11.4. The Morgan fingerprint density at radius 2 is 2.16 bits per heavy atom. The molecule has 2 aromatic rings. The smallest absolute Gasteiger partial charge is 0.241 e. The molecule has 0 fully saturated rings. The van der Waals surface area contributed by atoms with Crippen molar-refractivity contribution < 1.29 is 22.7 Å². The lowest BCUT2D eigenvalue weighted by atomic mass is 10.3. The van der Waals surface area contributed by atoms with Crippen LogP contribution >= 0.6 is 0 Å². The first kappa shape index (κ1) is 13.4. The molecule has 0 unspecified atom stereocenters. The topological polar surface area (TPSA) is 88.8 Å². The molecule has 0 atom stereocenters. The van der Waals surface area contributed by atoms with Crippen LogP contribution in [0.4, 0.5) is 0 Å². The summed E-state index contributed by atoms with van der Waals surface area (Å²) in [5.74, 6) is 0.481. The van der Waals surface area contributed by atoms with Gasteiger partial charge in [-0.1, -0.05) is 0 Å². The van der Waals surface area contributed by atoms with Crippen LogP contribution < -0.4 is 9.46 Å². The quantitative estimate of drug-likeness (QED) is 0.867. The summed E-state index contributed by atoms with van der Waals surface area (Å²) in [7, 11) is -2.32. The molecule has 7 heteroatoms. The van der Waals surface area contributed by atoms with E-state index in [1.54, 1.807) is 12.1 Å². The lowest BCUT2D eigenvalue weighted by molar-refractivity contribution is 0.372. The van der Waals surface area contributed by atoms with Gasteiger partial charge in [0.1, 0.15) is 5.76 Å². The largest absolute Gasteiger partial charge is 0.504 e. The van der Waals surface area contributed by atoms with Crippen LogP contribution in [0.15, 0.2) is 45.9 Å². The molecular formula is C12H13NO5S. The number of nitrogens with one attached hydrogen (secondary N) is 1. The van der Waals surface area contributed by atoms with Crippen LogP contribution in [0, 0.1) is 0 Å². The third-order valence-corrected chi connectivity index (χ3v) is 3.88. The summed E-state index contributed by atoms with van der Waals surface area (Å²) in [5, 5.41) is 9.57. The third-order valence-electron chi connectivity index (χ3n) is 2.48. The van der Waals surface area contributed by atoms with Gasteiger partial charge in [0.2, 0.25) is 10.0 Å². The Kier molecular flexibility index (Phi) is 3.77. The molecule has 1 aromatic heterocycles. The Labute approximate surface area is 110 Å². The van der Waals surface area contributed by atoms with Gasteiger partial charge in [-0.05, 0) is 24.3 Å². The standard InChI is InChI=1S/C12H13NO5S/c1-17-12-5-4-10(7-11(12)14)19(15,16)13-8-9-3-2-6-18-9/h2-7,13-14H,8H2,1H3. The van der Waals surface area contributed by atoms with Crippen LogP contribution in [0.25, 0.3) is 0 Å². The molecule has 0 saturated heterocycles. The van der Waals surface area contributed by atoms with E-state index in [0.717, 1.165) is 6.07 Å². The zero-order chi connectivity index (χ0) is 13.9. The highest BCUT2D eigenvalue weighted by molar-refractivity contribution is 7.89. The van der Waals surface area contributed by atoms with Gasteiger partial charge in [-0.2, -0.15) is 0 Å². The van der Waals surface area contributed by atoms with Crippen LogP contribution in [0.2, 0.25) is 0 Å². The Balaban J connectivity index is 2.17. The molecule has 0 aliphatic rings. The van der Waals surface area contributed by atoms with E-state index in [2.05, 4.69) is 4.72 Å². The zero-order valence-electron chi connectivity index (χ0n) is 10.2. The van der Waals surface area contributed by atoms with Gasteiger partial charge < -0.3 is 14.3 Å². The van der Waals surface area contributed by atoms with Gasteiger partial charge in [-0.25, -0.2) is 13.1 Å². The number of ether oxygens (including phenoxy) is 1. The molecular weight excluding hydrogens is 270 g/mol. The summed E-state index contributed by atoms with van der Waals surface area (Å²) in [6, 6.07) is 7.19. The average Bonchev–Trinajstić information content (AvgIpc) is 2.89. The van der Waals surface area contributed by atoms with E-state index in [-0.39, 0.29) is 22.9 Å². The minimum Gasteiger partial charge on any atom is -0.504 e. The van der Waals surface area contributed by atoms with Crippen molar-refractivity contribution in [2.24, 2.45) is 0 Å². The highest BCUT2D eigenvalue weighted by atomic mass is 32.2. The maximum absolute atomic E-state index is 12.0. The predicted octanol–water partition coefficient (Wildman–Crippen LogP) is 1.47. The van der Waals surface area contributed by atoms with Gasteiger partial charge in [0.15, 0.2) is 11.5 Å². The number of hydrogen-bond acceptors (Lipinski definition) is 5. The molecule has 2 rings (SSSR count). The Morgan fingerprint density at radius 3 is 2.74 bits per heavy atom. The second-order valence-electron chi connectivity index (χ2n) is 3.74. The van der Waals surface area contributed by atoms with Crippen LogP contribution in [0.1, 0.15) is 5.76 Å². The summed E-state index contributed by atoms with van der Waals surface area (Å²) < 4.78 is 36.2. The summed E-state index contributed by atoms with van der Waals surface area (Å²) in [6.45, 7) is 0.0438. The van der Waals surface area contributed by atoms with Crippen LogP contribution in [-0.2, 0) is 16.6 Å². The number of benzene rings is 1. The highest BCUT2D eigenvalue weighted by Crippen LogP contribution is 2.28. The van der Waals surface area contributed by atoms with Crippen molar-refractivity contribution in [1.82, 2.24) is 4.72 Å². The second-order valence-corrected chi connectivity index (χ2v) is 5.50. The molecule has 0 saturated carbocycles. The first-order chi connectivity index (χ1) is 9.03. The predicted molar refractivity (Wildman–Crippen MR) is 67.4 cm³/mol. The molecule has 6 nitrogen and oxygen atoms in total. The molecule has 0 bridgehead atoms. The minimum atomic E-state index is -3.71. The van der Waals surface area contributed by atoms with E-state index in [9.17, 15) is 13.5 Å². The number of methoxy groups -OCH3 is 1. The van der Waals surface area contributed by atoms with Gasteiger partial charge in [0.25, 0.3) is 0 Å². The van der Waals surface area contributed by atoms with Crippen LogP contribution in [0.5, 0.6) is 11.5 Å². The first-order valence-corrected chi connectivity index (χ1v) is 6.90. The van der Waals surface area contributed by atoms with Gasteiger partial charge in [-0.3, -0.25) is 0 Å². The molecule has 0 spiro atoms. The van der Waals surface area contributed by atoms with E-state index < -0.39 is 10.0 Å². The number of hydrogen-bond donors (Lipinski definition) is 2. The van der Waals surface area contributed by atoms with Gasteiger partial charge >= 0.3 is 0 Å². The minimum absolute atomic E-state index is 0.0438. The van der Waals surface area contributed by atoms with Crippen molar-refractivity contribution >= 4 is 10.0 Å². The molecule has 102 valence electrons. The van der Waals surface area contributed by atoms with Crippen molar-refractivity contribution in [2.45, 2.75) is 11.4 Å². The molecule has 19 heavy (non-hydrogen) atoms. The fraction of sp³-hybridized carbons (Fsp3) is 0.167. The Bertz CT molecular complexity index is 649. The molecule has 0 radical (unpaired) electrons. The third kappa shape index (κ3) is 3.07. The number of phenols is 1. The van der Waals surface area contributed by atoms with E-state index in [4.69, 9.17) is 9.15 Å². The van der Waals surface area contributed by atoms with Crippen molar-refractivity contribution in [1.29, 1.82) is 0 Å². The van der Waals surface area contributed by atoms with E-state index in [1.807, 2.05) is 0 Å². The number of phenolic OH excluding ortho intramolecular Hbond substituents is 1. The molecule has 0 aliphatic heterocycles. The molecule has 0 amide bonds. The first-order valence-electron chi connectivity index (χ1n) is 5.42. The molecule has 1 heterocycles. The van der Waals surface area contributed by atoms with Crippen molar-refractivity contribution in [3.63, 3.8) is 0 Å². The maximum Gasteiger partial charge on any atom is 0.241 e. The van der Waals surface area contributed by atoms with E-state index >= 15 is 0 Å². The maximum atomic E-state index is 12.0. The van der Waals surface area contributed by atoms with Gasteiger partial charge in [0.05, 0.1) is 24.8 Å². The lowest BCUT2D eigenvalue weighted by Crippen LogP contribution is -2.22. The van der Waals surface area contributed by atoms with Crippen LogP contribution in [0.3, 0.4) is 0 Å². The number of rotatable bonds is 5. The fourth-order valence-electron chi connectivity index (χ4n) is 1.50. The van der Waals surface area contributed by atoms with Gasteiger partial charge in [-0.15, -0.1) is 0 Å². The zero-order valence-corrected chi connectivity index (χ0v) is 11.0. The van der Waals surface area contributed by atoms with E-state index in [0.29, 0.717) is 5.76 Å².